The number of thiocarbonyl (C=S) groups is 1. The van der Waals surface area contributed by atoms with E-state index >= 15 is 0 Å². The lowest BCUT2D eigenvalue weighted by molar-refractivity contribution is -0.124. The zero-order valence-corrected chi connectivity index (χ0v) is 21.4. The Balaban J connectivity index is 1.49. The normalized spacial score (nSPS) is 18.8. The molecular weight excluding hydrogens is 565 g/mol. The summed E-state index contributed by atoms with van der Waals surface area (Å²) >= 11 is 14.0. The maximum atomic E-state index is 13.1. The van der Waals surface area contributed by atoms with Crippen LogP contribution in [0, 0.1) is 5.82 Å². The molecular formula is C23H20Br2FNO2S2. The predicted octanol–water partition coefficient (Wildman–Crippen LogP) is 7.46. The Morgan fingerprint density at radius 3 is 2.42 bits per heavy atom. The monoisotopic (exact) mass is 583 g/mol. The second-order valence-corrected chi connectivity index (χ2v) is 11.0. The molecule has 0 bridgehead atoms. The van der Waals surface area contributed by atoms with Gasteiger partial charge in [-0.2, -0.15) is 0 Å². The smallest absolute Gasteiger partial charge is 0.266 e. The van der Waals surface area contributed by atoms with E-state index in [0.717, 1.165) is 45.8 Å². The number of nitrogens with zero attached hydrogens (tertiary/aromatic N) is 1. The number of hydrogen-bond acceptors (Lipinski definition) is 4. The number of benzene rings is 2. The number of halogens is 3. The van der Waals surface area contributed by atoms with Crippen LogP contribution in [0.5, 0.6) is 5.75 Å². The van der Waals surface area contributed by atoms with Gasteiger partial charge in [-0.3, -0.25) is 9.69 Å². The largest absolute Gasteiger partial charge is 0.487 e. The summed E-state index contributed by atoms with van der Waals surface area (Å²) in [7, 11) is 0. The highest BCUT2D eigenvalue weighted by Crippen LogP contribution is 2.40. The average molecular weight is 585 g/mol. The fraction of sp³-hybridized carbons (Fsp3) is 0.304. The molecule has 2 aromatic carbocycles. The van der Waals surface area contributed by atoms with Crippen LogP contribution in [-0.2, 0) is 11.4 Å². The summed E-state index contributed by atoms with van der Waals surface area (Å²) in [6, 6.07) is 10.3. The van der Waals surface area contributed by atoms with Gasteiger partial charge in [0, 0.05) is 6.04 Å². The van der Waals surface area contributed by atoms with Crippen molar-refractivity contribution in [3.63, 3.8) is 0 Å². The minimum Gasteiger partial charge on any atom is -0.487 e. The van der Waals surface area contributed by atoms with Gasteiger partial charge in [-0.05, 0) is 86.2 Å². The molecule has 8 heteroatoms. The fourth-order valence-corrected chi connectivity index (χ4v) is 6.67. The van der Waals surface area contributed by atoms with E-state index in [2.05, 4.69) is 31.9 Å². The average Bonchev–Trinajstić information content (AvgIpc) is 3.02. The molecule has 1 saturated carbocycles. The van der Waals surface area contributed by atoms with Gasteiger partial charge in [0.1, 0.15) is 22.5 Å². The van der Waals surface area contributed by atoms with E-state index in [0.29, 0.717) is 21.6 Å². The number of amides is 1. The molecule has 2 aromatic rings. The maximum absolute atomic E-state index is 13.1. The van der Waals surface area contributed by atoms with Crippen molar-refractivity contribution in [3.8, 4) is 5.75 Å². The summed E-state index contributed by atoms with van der Waals surface area (Å²) in [6.45, 7) is 0.316. The van der Waals surface area contributed by atoms with E-state index in [-0.39, 0.29) is 17.8 Å². The van der Waals surface area contributed by atoms with Crippen LogP contribution in [0.4, 0.5) is 4.39 Å². The van der Waals surface area contributed by atoms with E-state index in [9.17, 15) is 9.18 Å². The second kappa shape index (κ2) is 10.1. The number of ether oxygens (including phenoxy) is 1. The van der Waals surface area contributed by atoms with Gasteiger partial charge in [0.25, 0.3) is 5.91 Å². The highest BCUT2D eigenvalue weighted by atomic mass is 79.9. The second-order valence-electron chi connectivity index (χ2n) is 7.57. The van der Waals surface area contributed by atoms with E-state index in [1.54, 1.807) is 12.1 Å². The van der Waals surface area contributed by atoms with Crippen molar-refractivity contribution in [2.24, 2.45) is 0 Å². The van der Waals surface area contributed by atoms with Crippen LogP contribution < -0.4 is 4.74 Å². The fourth-order valence-electron chi connectivity index (χ4n) is 3.82. The lowest BCUT2D eigenvalue weighted by Crippen LogP contribution is -2.39. The third-order valence-corrected chi connectivity index (χ3v) is 7.89. The predicted molar refractivity (Wildman–Crippen MR) is 134 cm³/mol. The molecule has 1 heterocycles. The standard InChI is InChI=1S/C23H20Br2FNO2S2/c24-18-10-15(11-19(25)21(18)29-13-14-6-8-16(26)9-7-14)12-20-22(28)27(23(30)31-20)17-4-2-1-3-5-17/h6-12,17H,1-5,13H2/b20-12+. The lowest BCUT2D eigenvalue weighted by atomic mass is 9.94. The van der Waals surface area contributed by atoms with E-state index in [1.165, 1.54) is 30.3 Å². The molecule has 31 heavy (non-hydrogen) atoms. The van der Waals surface area contributed by atoms with Gasteiger partial charge >= 0.3 is 0 Å². The van der Waals surface area contributed by atoms with Crippen molar-refractivity contribution in [3.05, 3.63) is 67.2 Å². The minimum atomic E-state index is -0.274. The van der Waals surface area contributed by atoms with Crippen LogP contribution >= 0.6 is 55.8 Å². The van der Waals surface area contributed by atoms with Crippen molar-refractivity contribution in [1.29, 1.82) is 0 Å². The summed E-state index contributed by atoms with van der Waals surface area (Å²) < 4.78 is 21.2. The first-order valence-electron chi connectivity index (χ1n) is 10.1. The molecule has 4 rings (SSSR count). The van der Waals surface area contributed by atoms with Crippen molar-refractivity contribution in [2.45, 2.75) is 44.8 Å². The molecule has 0 spiro atoms. The van der Waals surface area contributed by atoms with Crippen LogP contribution in [0.3, 0.4) is 0 Å². The Hall–Kier alpha value is -1.22. The van der Waals surface area contributed by atoms with Gasteiger partial charge in [0.15, 0.2) is 0 Å². The Kier molecular flexibility index (Phi) is 7.52. The maximum Gasteiger partial charge on any atom is 0.266 e. The minimum absolute atomic E-state index is 0.00535. The summed E-state index contributed by atoms with van der Waals surface area (Å²) in [5.74, 6) is 0.381. The zero-order valence-electron chi connectivity index (χ0n) is 16.6. The lowest BCUT2D eigenvalue weighted by Gasteiger charge is -2.29. The third kappa shape index (κ3) is 5.41. The van der Waals surface area contributed by atoms with Crippen molar-refractivity contribution in [1.82, 2.24) is 4.90 Å². The SMILES string of the molecule is O=C1/C(=C\c2cc(Br)c(OCc3ccc(F)cc3)c(Br)c2)SC(=S)N1C1CCCCC1. The Bertz CT molecular complexity index is 1010. The summed E-state index contributed by atoms with van der Waals surface area (Å²) in [5.41, 5.74) is 1.74. The zero-order chi connectivity index (χ0) is 22.0. The molecule has 2 fully saturated rings. The van der Waals surface area contributed by atoms with Crippen LogP contribution in [0.2, 0.25) is 0 Å². The first kappa shape index (κ1) is 23.0. The van der Waals surface area contributed by atoms with Crippen molar-refractivity contribution in [2.75, 3.05) is 0 Å². The van der Waals surface area contributed by atoms with E-state index < -0.39 is 0 Å². The van der Waals surface area contributed by atoms with Crippen molar-refractivity contribution < 1.29 is 13.9 Å². The molecule has 1 aliphatic heterocycles. The molecule has 1 amide bonds. The van der Waals surface area contributed by atoms with Gasteiger partial charge in [0.2, 0.25) is 0 Å². The Morgan fingerprint density at radius 1 is 1.13 bits per heavy atom. The Labute approximate surface area is 207 Å². The molecule has 2 aliphatic rings. The quantitative estimate of drug-likeness (QED) is 0.269. The molecule has 1 aliphatic carbocycles. The van der Waals surface area contributed by atoms with Gasteiger partial charge in [-0.15, -0.1) is 0 Å². The van der Waals surface area contributed by atoms with Crippen LogP contribution in [-0.4, -0.2) is 21.2 Å². The third-order valence-electron chi connectivity index (χ3n) is 5.38. The van der Waals surface area contributed by atoms with Gasteiger partial charge in [0.05, 0.1) is 13.9 Å². The summed E-state index contributed by atoms with van der Waals surface area (Å²) in [4.78, 5) is 15.5. The van der Waals surface area contributed by atoms with Gasteiger partial charge in [-0.1, -0.05) is 55.4 Å². The number of hydrogen-bond donors (Lipinski definition) is 0. The molecule has 3 nitrogen and oxygen atoms in total. The molecule has 0 radical (unpaired) electrons. The highest BCUT2D eigenvalue weighted by Gasteiger charge is 2.37. The number of carbonyl (C=O) groups is 1. The first-order chi connectivity index (χ1) is 14.9. The molecule has 1 saturated heterocycles. The summed E-state index contributed by atoms with van der Waals surface area (Å²) in [5, 5.41) is 0. The highest BCUT2D eigenvalue weighted by molar-refractivity contribution is 9.11. The van der Waals surface area contributed by atoms with Crippen LogP contribution in [0.25, 0.3) is 6.08 Å². The van der Waals surface area contributed by atoms with Crippen molar-refractivity contribution >= 4 is 72.1 Å². The number of rotatable bonds is 5. The van der Waals surface area contributed by atoms with Crippen LogP contribution in [0.15, 0.2) is 50.2 Å². The van der Waals surface area contributed by atoms with E-state index in [4.69, 9.17) is 17.0 Å². The Morgan fingerprint density at radius 2 is 1.77 bits per heavy atom. The molecule has 0 atom stereocenters. The first-order valence-corrected chi connectivity index (χ1v) is 12.9. The van der Waals surface area contributed by atoms with Crippen LogP contribution in [0.1, 0.15) is 43.2 Å². The molecule has 0 unspecified atom stereocenters. The summed E-state index contributed by atoms with van der Waals surface area (Å²) in [6.07, 6.45) is 7.47. The molecule has 162 valence electrons. The number of carbonyl (C=O) groups excluding carboxylic acids is 1. The van der Waals surface area contributed by atoms with E-state index in [1.807, 2.05) is 23.1 Å². The topological polar surface area (TPSA) is 29.5 Å². The van der Waals surface area contributed by atoms with Gasteiger partial charge in [-0.25, -0.2) is 4.39 Å². The number of thioether (sulfide) groups is 1. The molecule has 0 N–H and O–H groups in total. The molecule has 0 aromatic heterocycles. The van der Waals surface area contributed by atoms with Gasteiger partial charge < -0.3 is 4.74 Å².